The lowest BCUT2D eigenvalue weighted by Gasteiger charge is -2.34. The van der Waals surface area contributed by atoms with Crippen molar-refractivity contribution in [1.29, 1.82) is 0 Å². The summed E-state index contributed by atoms with van der Waals surface area (Å²) >= 11 is 0. The third-order valence-electron chi connectivity index (χ3n) is 3.48. The van der Waals surface area contributed by atoms with Gasteiger partial charge in [-0.2, -0.15) is 0 Å². The Bertz CT molecular complexity index is 525. The van der Waals surface area contributed by atoms with Crippen LogP contribution < -0.4 is 0 Å². The molecule has 0 amide bonds. The number of hydrogen-bond donors (Lipinski definition) is 1. The van der Waals surface area contributed by atoms with Crippen molar-refractivity contribution in [2.24, 2.45) is 0 Å². The van der Waals surface area contributed by atoms with Crippen LogP contribution in [0.2, 0.25) is 0 Å². The molecule has 2 nitrogen and oxygen atoms in total. The van der Waals surface area contributed by atoms with Crippen molar-refractivity contribution in [3.63, 3.8) is 0 Å². The van der Waals surface area contributed by atoms with Gasteiger partial charge in [0.15, 0.2) is 0 Å². The minimum Gasteiger partial charge on any atom is -0.395 e. The maximum absolute atomic E-state index is 9.32. The van der Waals surface area contributed by atoms with E-state index in [1.165, 1.54) is 16.7 Å². The van der Waals surface area contributed by atoms with Gasteiger partial charge in [-0.15, -0.1) is 0 Å². The Morgan fingerprint density at radius 2 is 1.89 bits per heavy atom. The number of allylic oxidation sites excluding steroid dienone is 3. The van der Waals surface area contributed by atoms with E-state index in [4.69, 9.17) is 0 Å². The maximum atomic E-state index is 9.32. The third-order valence-corrected chi connectivity index (χ3v) is 3.48. The molecule has 0 atom stereocenters. The topological polar surface area (TPSA) is 23.5 Å². The Morgan fingerprint density at radius 1 is 1.21 bits per heavy atom. The molecular weight excluding hydrogens is 234 g/mol. The summed E-state index contributed by atoms with van der Waals surface area (Å²) in [5.41, 5.74) is 5.79. The molecule has 0 unspecified atom stereocenters. The van der Waals surface area contributed by atoms with Crippen molar-refractivity contribution in [3.8, 4) is 0 Å². The lowest BCUT2D eigenvalue weighted by atomic mass is 9.95. The second-order valence-corrected chi connectivity index (χ2v) is 4.74. The number of hydrogen-bond acceptors (Lipinski definition) is 2. The van der Waals surface area contributed by atoms with Gasteiger partial charge in [0.25, 0.3) is 0 Å². The van der Waals surface area contributed by atoms with Gasteiger partial charge in [-0.1, -0.05) is 49.9 Å². The van der Waals surface area contributed by atoms with Crippen LogP contribution in [0.1, 0.15) is 25.8 Å². The van der Waals surface area contributed by atoms with E-state index >= 15 is 0 Å². The molecule has 19 heavy (non-hydrogen) atoms. The number of benzene rings is 1. The molecule has 0 saturated carbocycles. The van der Waals surface area contributed by atoms with Gasteiger partial charge < -0.3 is 10.0 Å². The first kappa shape index (κ1) is 13.6. The zero-order valence-electron chi connectivity index (χ0n) is 11.7. The first-order valence-electron chi connectivity index (χ1n) is 6.73. The summed E-state index contributed by atoms with van der Waals surface area (Å²) in [4.78, 5) is 2.13. The molecule has 0 aromatic heterocycles. The Morgan fingerprint density at radius 3 is 2.47 bits per heavy atom. The average Bonchev–Trinajstić information content (AvgIpc) is 2.44. The fraction of sp³-hybridized carbons (Fsp3) is 0.294. The SMILES string of the molecule is C=C1C(CC)=CC(C)=C(c2ccccc2)N1CCO. The van der Waals surface area contributed by atoms with Crippen LogP contribution in [0.3, 0.4) is 0 Å². The fourth-order valence-electron chi connectivity index (χ4n) is 2.57. The highest BCUT2D eigenvalue weighted by molar-refractivity contribution is 5.74. The standard InChI is InChI=1S/C17H21NO/c1-4-15-12-13(2)17(16-8-6-5-7-9-16)18(10-11-19)14(15)3/h5-9,12,19H,3-4,10-11H2,1-2H3. The van der Waals surface area contributed by atoms with Crippen LogP contribution in [0, 0.1) is 0 Å². The van der Waals surface area contributed by atoms with Gasteiger partial charge in [-0.3, -0.25) is 0 Å². The van der Waals surface area contributed by atoms with Crippen LogP contribution in [0.25, 0.3) is 5.70 Å². The highest BCUT2D eigenvalue weighted by Gasteiger charge is 2.22. The molecular formula is C17H21NO. The molecule has 1 heterocycles. The van der Waals surface area contributed by atoms with Crippen LogP contribution >= 0.6 is 0 Å². The molecule has 1 aliphatic heterocycles. The minimum absolute atomic E-state index is 0.125. The number of nitrogens with zero attached hydrogens (tertiary/aromatic N) is 1. The number of β-amino-alcohol motifs (C(OH)–C–C–N with tert-alkyl or cyclic N) is 1. The van der Waals surface area contributed by atoms with Gasteiger partial charge in [0, 0.05) is 12.2 Å². The van der Waals surface area contributed by atoms with E-state index in [1.807, 2.05) is 18.2 Å². The van der Waals surface area contributed by atoms with Gasteiger partial charge >= 0.3 is 0 Å². The largest absolute Gasteiger partial charge is 0.395 e. The molecule has 0 saturated heterocycles. The van der Waals surface area contributed by atoms with Gasteiger partial charge in [-0.25, -0.2) is 0 Å². The van der Waals surface area contributed by atoms with E-state index in [1.54, 1.807) is 0 Å². The summed E-state index contributed by atoms with van der Waals surface area (Å²) < 4.78 is 0. The number of aliphatic hydroxyl groups excluding tert-OH is 1. The maximum Gasteiger partial charge on any atom is 0.0610 e. The van der Waals surface area contributed by atoms with Gasteiger partial charge in [0.1, 0.15) is 0 Å². The molecule has 100 valence electrons. The van der Waals surface area contributed by atoms with Gasteiger partial charge in [0.05, 0.1) is 12.3 Å². The molecule has 0 spiro atoms. The second kappa shape index (κ2) is 5.89. The molecule has 2 rings (SSSR count). The molecule has 1 aromatic carbocycles. The zero-order chi connectivity index (χ0) is 13.8. The molecule has 1 aromatic rings. The Balaban J connectivity index is 2.52. The summed E-state index contributed by atoms with van der Waals surface area (Å²) in [5, 5.41) is 9.32. The minimum atomic E-state index is 0.125. The highest BCUT2D eigenvalue weighted by atomic mass is 16.3. The van der Waals surface area contributed by atoms with Gasteiger partial charge in [0.2, 0.25) is 0 Å². The average molecular weight is 255 g/mol. The molecule has 0 bridgehead atoms. The molecule has 0 fully saturated rings. The first-order chi connectivity index (χ1) is 9.19. The Hall–Kier alpha value is -1.80. The van der Waals surface area contributed by atoms with E-state index < -0.39 is 0 Å². The molecule has 1 N–H and O–H groups in total. The summed E-state index contributed by atoms with van der Waals surface area (Å²) in [6, 6.07) is 10.3. The van der Waals surface area contributed by atoms with E-state index in [-0.39, 0.29) is 6.61 Å². The lowest BCUT2D eigenvalue weighted by molar-refractivity contribution is 0.262. The summed E-state index contributed by atoms with van der Waals surface area (Å²) in [6.07, 6.45) is 3.17. The molecule has 0 radical (unpaired) electrons. The fourth-order valence-corrected chi connectivity index (χ4v) is 2.57. The first-order valence-corrected chi connectivity index (χ1v) is 6.73. The summed E-state index contributed by atoms with van der Waals surface area (Å²) in [5.74, 6) is 0. The second-order valence-electron chi connectivity index (χ2n) is 4.74. The predicted octanol–water partition coefficient (Wildman–Crippen LogP) is 3.58. The van der Waals surface area contributed by atoms with Crippen molar-refractivity contribution in [2.75, 3.05) is 13.2 Å². The predicted molar refractivity (Wildman–Crippen MR) is 80.3 cm³/mol. The summed E-state index contributed by atoms with van der Waals surface area (Å²) in [6.45, 7) is 9.15. The number of rotatable bonds is 4. The quantitative estimate of drug-likeness (QED) is 0.889. The Labute approximate surface area is 115 Å². The van der Waals surface area contributed by atoms with Gasteiger partial charge in [-0.05, 0) is 30.1 Å². The van der Waals surface area contributed by atoms with Crippen molar-refractivity contribution in [3.05, 3.63) is 65.4 Å². The van der Waals surface area contributed by atoms with E-state index in [2.05, 4.69) is 43.5 Å². The molecule has 2 heteroatoms. The monoisotopic (exact) mass is 255 g/mol. The van der Waals surface area contributed by atoms with Crippen LogP contribution in [0.4, 0.5) is 0 Å². The molecule has 0 aliphatic carbocycles. The normalized spacial score (nSPS) is 15.8. The van der Waals surface area contributed by atoms with Crippen LogP contribution in [-0.2, 0) is 0 Å². The van der Waals surface area contributed by atoms with Crippen molar-refractivity contribution >= 4 is 5.70 Å². The highest BCUT2D eigenvalue weighted by Crippen LogP contribution is 2.35. The van der Waals surface area contributed by atoms with E-state index in [9.17, 15) is 5.11 Å². The zero-order valence-corrected chi connectivity index (χ0v) is 11.7. The van der Waals surface area contributed by atoms with Crippen molar-refractivity contribution in [2.45, 2.75) is 20.3 Å². The van der Waals surface area contributed by atoms with Crippen LogP contribution in [0.5, 0.6) is 0 Å². The third kappa shape index (κ3) is 2.64. The van der Waals surface area contributed by atoms with Crippen LogP contribution in [-0.4, -0.2) is 23.2 Å². The molecule has 1 aliphatic rings. The smallest absolute Gasteiger partial charge is 0.0610 e. The van der Waals surface area contributed by atoms with E-state index in [0.29, 0.717) is 6.54 Å². The Kier molecular flexibility index (Phi) is 4.23. The van der Waals surface area contributed by atoms with Crippen LogP contribution in [0.15, 0.2) is 59.8 Å². The summed E-state index contributed by atoms with van der Waals surface area (Å²) in [7, 11) is 0. The lowest BCUT2D eigenvalue weighted by Crippen LogP contribution is -2.28. The van der Waals surface area contributed by atoms with Crippen molar-refractivity contribution in [1.82, 2.24) is 4.90 Å². The van der Waals surface area contributed by atoms with Crippen molar-refractivity contribution < 1.29 is 5.11 Å². The number of aliphatic hydroxyl groups is 1. The van der Waals surface area contributed by atoms with E-state index in [0.717, 1.165) is 17.8 Å².